The molecule has 1 aliphatic heterocycles. The topological polar surface area (TPSA) is 94.5 Å². The van der Waals surface area contributed by atoms with Crippen LogP contribution in [0.5, 0.6) is 0 Å². The molecule has 1 aliphatic carbocycles. The van der Waals surface area contributed by atoms with Crippen LogP contribution in [0.3, 0.4) is 0 Å². The SMILES string of the molecule is Cc1ccc(C2(C#N)CCC(NCCNC(=O)N3C(=O)OCC3c3ccc(F)c(F)c3)CC2)cc1. The Hall–Kier alpha value is -3.51. The minimum Gasteiger partial charge on any atom is -0.446 e. The third-order valence-electron chi connectivity index (χ3n) is 6.91. The van der Waals surface area contributed by atoms with Crippen LogP contribution in [-0.4, -0.2) is 42.8 Å². The predicted molar refractivity (Wildman–Crippen MR) is 124 cm³/mol. The van der Waals surface area contributed by atoms with Crippen molar-refractivity contribution >= 4 is 12.1 Å². The van der Waals surface area contributed by atoms with Gasteiger partial charge in [0.15, 0.2) is 11.6 Å². The first kappa shape index (κ1) is 24.6. The summed E-state index contributed by atoms with van der Waals surface area (Å²) in [5, 5.41) is 16.0. The van der Waals surface area contributed by atoms with Crippen molar-refractivity contribution in [2.24, 2.45) is 0 Å². The molecule has 9 heteroatoms. The van der Waals surface area contributed by atoms with E-state index in [4.69, 9.17) is 4.74 Å². The molecule has 0 bridgehead atoms. The van der Waals surface area contributed by atoms with E-state index in [-0.39, 0.29) is 24.8 Å². The number of carbonyl (C=O) groups is 2. The molecular weight excluding hydrogens is 454 g/mol. The van der Waals surface area contributed by atoms with Crippen molar-refractivity contribution in [2.45, 2.75) is 50.1 Å². The summed E-state index contributed by atoms with van der Waals surface area (Å²) in [5.41, 5.74) is 2.03. The zero-order valence-corrected chi connectivity index (χ0v) is 19.5. The Morgan fingerprint density at radius 1 is 1.14 bits per heavy atom. The first-order valence-electron chi connectivity index (χ1n) is 11.7. The molecule has 1 atom stereocenters. The molecule has 0 spiro atoms. The van der Waals surface area contributed by atoms with Crippen LogP contribution >= 0.6 is 0 Å². The number of nitriles is 1. The van der Waals surface area contributed by atoms with E-state index >= 15 is 0 Å². The highest BCUT2D eigenvalue weighted by atomic mass is 19.2. The van der Waals surface area contributed by atoms with E-state index in [2.05, 4.69) is 16.7 Å². The Labute approximate surface area is 203 Å². The molecular formula is C26H28F2N4O3. The highest BCUT2D eigenvalue weighted by Gasteiger charge is 2.39. The maximum Gasteiger partial charge on any atom is 0.418 e. The molecule has 0 aromatic heterocycles. The molecule has 2 aromatic carbocycles. The second-order valence-electron chi connectivity index (χ2n) is 9.16. The van der Waals surface area contributed by atoms with Gasteiger partial charge in [0.1, 0.15) is 12.6 Å². The van der Waals surface area contributed by atoms with Crippen LogP contribution in [0.25, 0.3) is 0 Å². The van der Waals surface area contributed by atoms with Crippen LogP contribution < -0.4 is 10.6 Å². The smallest absolute Gasteiger partial charge is 0.418 e. The fourth-order valence-electron chi connectivity index (χ4n) is 4.79. The molecule has 2 N–H and O–H groups in total. The van der Waals surface area contributed by atoms with Gasteiger partial charge in [-0.25, -0.2) is 23.3 Å². The lowest BCUT2D eigenvalue weighted by molar-refractivity contribution is 0.158. The number of nitrogens with one attached hydrogen (secondary N) is 2. The number of ether oxygens (including phenoxy) is 1. The van der Waals surface area contributed by atoms with Gasteiger partial charge in [-0.2, -0.15) is 5.26 Å². The van der Waals surface area contributed by atoms with Crippen LogP contribution in [-0.2, 0) is 10.2 Å². The number of hydrogen-bond acceptors (Lipinski definition) is 5. The van der Waals surface area contributed by atoms with Crippen molar-refractivity contribution in [3.8, 4) is 6.07 Å². The fourth-order valence-corrected chi connectivity index (χ4v) is 4.79. The summed E-state index contributed by atoms with van der Waals surface area (Å²) in [4.78, 5) is 25.6. The highest BCUT2D eigenvalue weighted by Crippen LogP contribution is 2.39. The van der Waals surface area contributed by atoms with E-state index < -0.39 is 35.2 Å². The van der Waals surface area contributed by atoms with E-state index in [1.165, 1.54) is 6.07 Å². The number of rotatable bonds is 6. The molecule has 184 valence electrons. The molecule has 1 heterocycles. The summed E-state index contributed by atoms with van der Waals surface area (Å²) >= 11 is 0. The molecule has 1 saturated carbocycles. The number of hydrogen-bond donors (Lipinski definition) is 2. The number of carbonyl (C=O) groups excluding carboxylic acids is 2. The first-order valence-corrected chi connectivity index (χ1v) is 11.7. The summed E-state index contributed by atoms with van der Waals surface area (Å²) < 4.78 is 31.8. The van der Waals surface area contributed by atoms with Gasteiger partial charge in [0, 0.05) is 19.1 Å². The van der Waals surface area contributed by atoms with Gasteiger partial charge in [-0.1, -0.05) is 35.9 Å². The van der Waals surface area contributed by atoms with Gasteiger partial charge in [-0.05, 0) is 55.9 Å². The number of halogens is 2. The molecule has 2 fully saturated rings. The van der Waals surface area contributed by atoms with Crippen molar-refractivity contribution in [1.29, 1.82) is 5.26 Å². The van der Waals surface area contributed by atoms with E-state index in [0.29, 0.717) is 6.54 Å². The van der Waals surface area contributed by atoms with Gasteiger partial charge in [-0.15, -0.1) is 0 Å². The van der Waals surface area contributed by atoms with Gasteiger partial charge in [0.05, 0.1) is 11.5 Å². The lowest BCUT2D eigenvalue weighted by Crippen LogP contribution is -2.46. The second kappa shape index (κ2) is 10.4. The third-order valence-corrected chi connectivity index (χ3v) is 6.91. The van der Waals surface area contributed by atoms with Gasteiger partial charge in [-0.3, -0.25) is 0 Å². The Bertz CT molecular complexity index is 1120. The van der Waals surface area contributed by atoms with E-state index in [9.17, 15) is 23.6 Å². The number of amides is 3. The van der Waals surface area contributed by atoms with Gasteiger partial charge in [0.2, 0.25) is 0 Å². The molecule has 4 rings (SSSR count). The maximum absolute atomic E-state index is 13.6. The van der Waals surface area contributed by atoms with Crippen LogP contribution in [0.2, 0.25) is 0 Å². The summed E-state index contributed by atoms with van der Waals surface area (Å²) in [6.07, 6.45) is 2.36. The molecule has 0 radical (unpaired) electrons. The predicted octanol–water partition coefficient (Wildman–Crippen LogP) is 4.47. The van der Waals surface area contributed by atoms with Gasteiger partial charge >= 0.3 is 12.1 Å². The van der Waals surface area contributed by atoms with Crippen LogP contribution in [0.15, 0.2) is 42.5 Å². The number of urea groups is 1. The summed E-state index contributed by atoms with van der Waals surface area (Å²) in [5.74, 6) is -2.06. The van der Waals surface area contributed by atoms with Crippen molar-refractivity contribution in [2.75, 3.05) is 19.7 Å². The van der Waals surface area contributed by atoms with Gasteiger partial charge < -0.3 is 15.4 Å². The summed E-state index contributed by atoms with van der Waals surface area (Å²) in [7, 11) is 0. The third kappa shape index (κ3) is 5.28. The molecule has 3 amide bonds. The maximum atomic E-state index is 13.6. The molecule has 7 nitrogen and oxygen atoms in total. The molecule has 1 saturated heterocycles. The zero-order valence-electron chi connectivity index (χ0n) is 19.5. The minimum absolute atomic E-state index is 0.126. The second-order valence-corrected chi connectivity index (χ2v) is 9.16. The molecule has 1 unspecified atom stereocenters. The Morgan fingerprint density at radius 2 is 1.86 bits per heavy atom. The van der Waals surface area contributed by atoms with Crippen molar-refractivity contribution in [3.63, 3.8) is 0 Å². The van der Waals surface area contributed by atoms with Crippen molar-refractivity contribution in [1.82, 2.24) is 15.5 Å². The van der Waals surface area contributed by atoms with Crippen molar-refractivity contribution in [3.05, 3.63) is 70.8 Å². The lowest BCUT2D eigenvalue weighted by atomic mass is 9.69. The van der Waals surface area contributed by atoms with Crippen LogP contribution in [0.1, 0.15) is 48.4 Å². The largest absolute Gasteiger partial charge is 0.446 e. The number of imide groups is 1. The van der Waals surface area contributed by atoms with Gasteiger partial charge in [0.25, 0.3) is 0 Å². The number of aryl methyl sites for hydroxylation is 1. The minimum atomic E-state index is -1.05. The lowest BCUT2D eigenvalue weighted by Gasteiger charge is -2.36. The Balaban J connectivity index is 1.25. The van der Waals surface area contributed by atoms with E-state index in [1.807, 2.05) is 31.2 Å². The molecule has 2 aliphatic rings. The van der Waals surface area contributed by atoms with E-state index in [0.717, 1.165) is 53.8 Å². The number of cyclic esters (lactones) is 1. The molecule has 2 aromatic rings. The monoisotopic (exact) mass is 482 g/mol. The number of nitrogens with zero attached hydrogens (tertiary/aromatic N) is 2. The highest BCUT2D eigenvalue weighted by molar-refractivity contribution is 5.92. The van der Waals surface area contributed by atoms with E-state index in [1.54, 1.807) is 0 Å². The average molecular weight is 483 g/mol. The van der Waals surface area contributed by atoms with Crippen molar-refractivity contribution < 1.29 is 23.1 Å². The fraction of sp³-hybridized carbons (Fsp3) is 0.423. The number of benzene rings is 2. The summed E-state index contributed by atoms with van der Waals surface area (Å²) in [6, 6.07) is 12.7. The Kier molecular flexibility index (Phi) is 7.31. The Morgan fingerprint density at radius 3 is 2.51 bits per heavy atom. The first-order chi connectivity index (χ1) is 16.8. The summed E-state index contributed by atoms with van der Waals surface area (Å²) in [6.45, 7) is 2.65. The standard InChI is InChI=1S/C26H28F2N4O3/c1-17-2-5-19(6-3-17)26(16-29)10-8-20(9-11-26)30-12-13-31-24(33)32-23(15-35-25(32)34)18-4-7-21(27)22(28)14-18/h2-7,14,20,23,30H,8-13,15H2,1H3,(H,31,33). The quantitative estimate of drug-likeness (QED) is 0.593. The molecule has 35 heavy (non-hydrogen) atoms. The normalized spacial score (nSPS) is 24.1. The van der Waals surface area contributed by atoms with Crippen LogP contribution in [0, 0.1) is 29.9 Å². The average Bonchev–Trinajstić information content (AvgIpc) is 3.25. The zero-order chi connectivity index (χ0) is 25.0. The van der Waals surface area contributed by atoms with Crippen LogP contribution in [0.4, 0.5) is 18.4 Å².